The minimum Gasteiger partial charge on any atom is -0.444 e. The quantitative estimate of drug-likeness (QED) is 0.868. The van der Waals surface area contributed by atoms with Crippen molar-refractivity contribution in [3.05, 3.63) is 52.5 Å². The van der Waals surface area contributed by atoms with E-state index in [4.69, 9.17) is 4.42 Å². The van der Waals surface area contributed by atoms with E-state index in [-0.39, 0.29) is 18.7 Å². The highest BCUT2D eigenvalue weighted by atomic mass is 19.2. The summed E-state index contributed by atoms with van der Waals surface area (Å²) in [5, 5.41) is 2.86. The molecule has 2 aromatic rings. The van der Waals surface area contributed by atoms with Crippen LogP contribution in [0.5, 0.6) is 0 Å². The van der Waals surface area contributed by atoms with Gasteiger partial charge < -0.3 is 9.73 Å². The van der Waals surface area contributed by atoms with Gasteiger partial charge in [-0.15, -0.1) is 0 Å². The largest absolute Gasteiger partial charge is 0.444 e. The van der Waals surface area contributed by atoms with Crippen LogP contribution in [0.15, 0.2) is 16.5 Å². The van der Waals surface area contributed by atoms with Gasteiger partial charge in [0, 0.05) is 18.2 Å². The highest BCUT2D eigenvalue weighted by Crippen LogP contribution is 2.14. The summed E-state index contributed by atoms with van der Waals surface area (Å²) < 4.78 is 44.4. The number of halogens is 3. The Kier molecular flexibility index (Phi) is 3.90. The van der Waals surface area contributed by atoms with Crippen molar-refractivity contribution >= 4 is 0 Å². The van der Waals surface area contributed by atoms with E-state index in [1.807, 2.05) is 6.92 Å². The Morgan fingerprint density at radius 2 is 1.74 bits per heavy atom. The zero-order valence-electron chi connectivity index (χ0n) is 10.6. The molecule has 1 aromatic carbocycles. The third kappa shape index (κ3) is 3.14. The van der Waals surface area contributed by atoms with E-state index in [1.54, 1.807) is 6.92 Å². The van der Waals surface area contributed by atoms with Gasteiger partial charge in [-0.05, 0) is 19.9 Å². The van der Waals surface area contributed by atoms with Crippen molar-refractivity contribution in [2.45, 2.75) is 26.9 Å². The molecule has 6 heteroatoms. The first-order chi connectivity index (χ1) is 8.97. The molecular weight excluding hydrogens is 257 g/mol. The predicted octanol–water partition coefficient (Wildman–Crippen LogP) is 3.00. The molecule has 0 aliphatic heterocycles. The Hall–Kier alpha value is -1.82. The normalized spacial score (nSPS) is 11.0. The van der Waals surface area contributed by atoms with Gasteiger partial charge in [-0.3, -0.25) is 0 Å². The van der Waals surface area contributed by atoms with Gasteiger partial charge in [0.25, 0.3) is 0 Å². The third-order valence-corrected chi connectivity index (χ3v) is 2.75. The number of aryl methyl sites for hydroxylation is 2. The Labute approximate surface area is 108 Å². The topological polar surface area (TPSA) is 38.1 Å². The maximum Gasteiger partial charge on any atom is 0.208 e. The molecule has 1 aromatic heterocycles. The first kappa shape index (κ1) is 13.6. The van der Waals surface area contributed by atoms with Crippen LogP contribution in [0.25, 0.3) is 0 Å². The fourth-order valence-electron chi connectivity index (χ4n) is 1.62. The van der Waals surface area contributed by atoms with Gasteiger partial charge in [0.15, 0.2) is 11.6 Å². The van der Waals surface area contributed by atoms with Crippen LogP contribution in [0.2, 0.25) is 0 Å². The zero-order valence-corrected chi connectivity index (χ0v) is 10.6. The number of aromatic nitrogens is 1. The molecule has 102 valence electrons. The lowest BCUT2D eigenvalue weighted by Crippen LogP contribution is -2.14. The molecule has 0 atom stereocenters. The highest BCUT2D eigenvalue weighted by molar-refractivity contribution is 5.20. The van der Waals surface area contributed by atoms with Crippen LogP contribution < -0.4 is 5.32 Å². The Morgan fingerprint density at radius 3 is 2.37 bits per heavy atom. The summed E-state index contributed by atoms with van der Waals surface area (Å²) in [6, 6.07) is 1.37. The lowest BCUT2D eigenvalue weighted by Gasteiger charge is -2.05. The van der Waals surface area contributed by atoms with Crippen molar-refractivity contribution < 1.29 is 17.6 Å². The van der Waals surface area contributed by atoms with Gasteiger partial charge in [-0.2, -0.15) is 0 Å². The molecule has 0 amide bonds. The molecule has 0 saturated carbocycles. The van der Waals surface area contributed by atoms with Gasteiger partial charge in [-0.1, -0.05) is 0 Å². The van der Waals surface area contributed by atoms with Crippen LogP contribution in [-0.4, -0.2) is 4.98 Å². The average molecular weight is 270 g/mol. The molecule has 0 fully saturated rings. The van der Waals surface area contributed by atoms with Gasteiger partial charge in [0.05, 0.1) is 12.2 Å². The van der Waals surface area contributed by atoms with Crippen molar-refractivity contribution in [3.63, 3.8) is 0 Å². The number of hydrogen-bond acceptors (Lipinski definition) is 3. The number of rotatable bonds is 4. The zero-order chi connectivity index (χ0) is 14.0. The molecule has 0 spiro atoms. The summed E-state index contributed by atoms with van der Waals surface area (Å²) in [7, 11) is 0. The lowest BCUT2D eigenvalue weighted by molar-refractivity contribution is 0.444. The number of hydrogen-bond donors (Lipinski definition) is 1. The second-order valence-corrected chi connectivity index (χ2v) is 4.21. The minimum atomic E-state index is -1.19. The molecule has 2 rings (SSSR count). The molecule has 0 unspecified atom stereocenters. The summed E-state index contributed by atoms with van der Waals surface area (Å²) in [5.74, 6) is -1.86. The molecule has 1 N–H and O–H groups in total. The van der Waals surface area contributed by atoms with Gasteiger partial charge >= 0.3 is 0 Å². The van der Waals surface area contributed by atoms with E-state index in [1.165, 1.54) is 0 Å². The SMILES string of the molecule is Cc1nc(CNCc2cc(F)c(F)cc2F)oc1C. The van der Waals surface area contributed by atoms with Gasteiger partial charge in [-0.25, -0.2) is 18.2 Å². The smallest absolute Gasteiger partial charge is 0.208 e. The van der Waals surface area contributed by atoms with Crippen LogP contribution >= 0.6 is 0 Å². The summed E-state index contributed by atoms with van der Waals surface area (Å²) >= 11 is 0. The standard InChI is InChI=1S/C13H13F3N2O/c1-7-8(2)19-13(18-7)6-17-5-9-3-11(15)12(16)4-10(9)14/h3-4,17H,5-6H2,1-2H3. The van der Waals surface area contributed by atoms with Crippen molar-refractivity contribution in [1.82, 2.24) is 10.3 Å². The summed E-state index contributed by atoms with van der Waals surface area (Å²) in [5.41, 5.74) is 0.842. The molecule has 0 saturated heterocycles. The predicted molar refractivity (Wildman–Crippen MR) is 62.8 cm³/mol. The molecular formula is C13H13F3N2O. The molecule has 0 radical (unpaired) electrons. The monoisotopic (exact) mass is 270 g/mol. The Morgan fingerprint density at radius 1 is 1.05 bits per heavy atom. The molecule has 3 nitrogen and oxygen atoms in total. The lowest BCUT2D eigenvalue weighted by atomic mass is 10.2. The molecule has 1 heterocycles. The molecule has 0 aliphatic rings. The molecule has 0 bridgehead atoms. The molecule has 0 aliphatic carbocycles. The van der Waals surface area contributed by atoms with Crippen LogP contribution in [-0.2, 0) is 13.1 Å². The van der Waals surface area contributed by atoms with E-state index in [9.17, 15) is 13.2 Å². The van der Waals surface area contributed by atoms with E-state index >= 15 is 0 Å². The van der Waals surface area contributed by atoms with Crippen LogP contribution in [0, 0.1) is 31.3 Å². The van der Waals surface area contributed by atoms with Crippen LogP contribution in [0.3, 0.4) is 0 Å². The van der Waals surface area contributed by atoms with Crippen LogP contribution in [0.1, 0.15) is 22.9 Å². The molecule has 19 heavy (non-hydrogen) atoms. The summed E-state index contributed by atoms with van der Waals surface area (Å²) in [6.07, 6.45) is 0. The minimum absolute atomic E-state index is 0.0545. The maximum absolute atomic E-state index is 13.3. The number of nitrogens with zero attached hydrogens (tertiary/aromatic N) is 1. The number of benzene rings is 1. The van der Waals surface area contributed by atoms with E-state index < -0.39 is 17.5 Å². The van der Waals surface area contributed by atoms with Gasteiger partial charge in [0.2, 0.25) is 5.89 Å². The first-order valence-electron chi connectivity index (χ1n) is 5.74. The first-order valence-corrected chi connectivity index (χ1v) is 5.74. The second kappa shape index (κ2) is 5.44. The Bertz CT molecular complexity index is 576. The number of oxazole rings is 1. The number of nitrogens with one attached hydrogen (secondary N) is 1. The van der Waals surface area contributed by atoms with Crippen molar-refractivity contribution in [1.29, 1.82) is 0 Å². The maximum atomic E-state index is 13.3. The highest BCUT2D eigenvalue weighted by Gasteiger charge is 2.10. The third-order valence-electron chi connectivity index (χ3n) is 2.75. The van der Waals surface area contributed by atoms with Crippen molar-refractivity contribution in [2.24, 2.45) is 0 Å². The van der Waals surface area contributed by atoms with E-state index in [0.29, 0.717) is 12.0 Å². The van der Waals surface area contributed by atoms with E-state index in [2.05, 4.69) is 10.3 Å². The Balaban J connectivity index is 1.97. The summed E-state index contributed by atoms with van der Waals surface area (Å²) in [6.45, 7) is 3.95. The van der Waals surface area contributed by atoms with Crippen LogP contribution in [0.4, 0.5) is 13.2 Å². The summed E-state index contributed by atoms with van der Waals surface area (Å²) in [4.78, 5) is 4.14. The fraction of sp³-hybridized carbons (Fsp3) is 0.308. The second-order valence-electron chi connectivity index (χ2n) is 4.21. The van der Waals surface area contributed by atoms with Crippen molar-refractivity contribution in [3.8, 4) is 0 Å². The fourth-order valence-corrected chi connectivity index (χ4v) is 1.62. The van der Waals surface area contributed by atoms with E-state index in [0.717, 1.165) is 17.5 Å². The average Bonchev–Trinajstić information content (AvgIpc) is 2.65. The van der Waals surface area contributed by atoms with Gasteiger partial charge in [0.1, 0.15) is 11.6 Å². The van der Waals surface area contributed by atoms with Crippen molar-refractivity contribution in [2.75, 3.05) is 0 Å².